The molecular formula is C12H15FN2O3S. The largest absolute Gasteiger partial charge is 0.353 e. The van der Waals surface area contributed by atoms with Crippen LogP contribution < -0.4 is 5.32 Å². The van der Waals surface area contributed by atoms with Gasteiger partial charge in [-0.3, -0.25) is 4.79 Å². The summed E-state index contributed by atoms with van der Waals surface area (Å²) in [4.78, 5) is 11.9. The quantitative estimate of drug-likeness (QED) is 0.887. The Bertz CT molecular complexity index is 571. The molecule has 2 rings (SSSR count). The molecule has 1 amide bonds. The van der Waals surface area contributed by atoms with Crippen LogP contribution in [0.2, 0.25) is 0 Å². The predicted octanol–water partition coefficient (Wildman–Crippen LogP) is 0.648. The molecule has 1 N–H and O–H groups in total. The summed E-state index contributed by atoms with van der Waals surface area (Å²) in [5, 5.41) is 2.63. The van der Waals surface area contributed by atoms with Crippen LogP contribution in [0.25, 0.3) is 0 Å². The fraction of sp³-hybridized carbons (Fsp3) is 0.417. The van der Waals surface area contributed by atoms with Gasteiger partial charge in [0.2, 0.25) is 15.9 Å². The number of piperazine rings is 1. The average molecular weight is 286 g/mol. The highest BCUT2D eigenvalue weighted by molar-refractivity contribution is 7.89. The molecule has 1 aliphatic rings. The molecule has 0 bridgehead atoms. The van der Waals surface area contributed by atoms with Crippen LogP contribution in [0.3, 0.4) is 0 Å². The zero-order valence-electron chi connectivity index (χ0n) is 10.5. The first-order valence-electron chi connectivity index (χ1n) is 5.98. The Balaban J connectivity index is 2.42. The summed E-state index contributed by atoms with van der Waals surface area (Å²) in [6.07, 6.45) is 0. The number of carbonyl (C=O) groups excluding carboxylic acids is 1. The third kappa shape index (κ3) is 2.76. The molecule has 7 heteroatoms. The molecular weight excluding hydrogens is 271 g/mol. The van der Waals surface area contributed by atoms with Gasteiger partial charge in [0.1, 0.15) is 11.9 Å². The number of benzene rings is 1. The van der Waals surface area contributed by atoms with E-state index in [2.05, 4.69) is 5.32 Å². The van der Waals surface area contributed by atoms with Crippen LogP contribution in [0.15, 0.2) is 24.3 Å². The van der Waals surface area contributed by atoms with Crippen LogP contribution in [-0.2, 0) is 14.8 Å². The second-order valence-electron chi connectivity index (χ2n) is 4.26. The lowest BCUT2D eigenvalue weighted by molar-refractivity contribution is -0.126. The van der Waals surface area contributed by atoms with E-state index in [9.17, 15) is 17.6 Å². The van der Waals surface area contributed by atoms with Gasteiger partial charge in [0, 0.05) is 13.1 Å². The molecule has 104 valence electrons. The summed E-state index contributed by atoms with van der Waals surface area (Å²) < 4.78 is 38.1. The van der Waals surface area contributed by atoms with E-state index in [1.165, 1.54) is 35.5 Å². The normalized spacial score (nSPS) is 21.2. The van der Waals surface area contributed by atoms with Gasteiger partial charge < -0.3 is 5.32 Å². The van der Waals surface area contributed by atoms with Crippen LogP contribution in [0.5, 0.6) is 0 Å². The number of hydrogen-bond acceptors (Lipinski definition) is 3. The predicted molar refractivity (Wildman–Crippen MR) is 68.3 cm³/mol. The highest BCUT2D eigenvalue weighted by Crippen LogP contribution is 2.26. The van der Waals surface area contributed by atoms with Gasteiger partial charge in [-0.1, -0.05) is 12.1 Å². The molecule has 0 radical (unpaired) electrons. The molecule has 1 heterocycles. The molecule has 1 aromatic rings. The van der Waals surface area contributed by atoms with Gasteiger partial charge in [-0.25, -0.2) is 12.8 Å². The van der Waals surface area contributed by atoms with Crippen molar-refractivity contribution in [3.8, 4) is 0 Å². The van der Waals surface area contributed by atoms with Crippen LogP contribution in [0.4, 0.5) is 4.39 Å². The molecule has 1 aliphatic heterocycles. The highest BCUT2D eigenvalue weighted by Gasteiger charge is 2.37. The van der Waals surface area contributed by atoms with Crippen molar-refractivity contribution >= 4 is 15.9 Å². The van der Waals surface area contributed by atoms with Crippen LogP contribution in [0, 0.1) is 5.82 Å². The fourth-order valence-corrected chi connectivity index (χ4v) is 3.31. The molecule has 1 unspecified atom stereocenters. The SMILES string of the molecule is CCS(=O)(=O)N1CCNC(=O)C1c1ccc(F)cc1. The first-order valence-corrected chi connectivity index (χ1v) is 7.59. The van der Waals surface area contributed by atoms with E-state index >= 15 is 0 Å². The van der Waals surface area contributed by atoms with E-state index in [-0.39, 0.29) is 24.7 Å². The van der Waals surface area contributed by atoms with Crippen molar-refractivity contribution in [1.82, 2.24) is 9.62 Å². The minimum Gasteiger partial charge on any atom is -0.353 e. The Morgan fingerprint density at radius 2 is 2.00 bits per heavy atom. The highest BCUT2D eigenvalue weighted by atomic mass is 32.2. The summed E-state index contributed by atoms with van der Waals surface area (Å²) in [6.45, 7) is 2.04. The third-order valence-corrected chi connectivity index (χ3v) is 4.91. The zero-order chi connectivity index (χ0) is 14.0. The Hall–Kier alpha value is -1.47. The van der Waals surface area contributed by atoms with Crippen LogP contribution in [0.1, 0.15) is 18.5 Å². The number of halogens is 1. The maximum atomic E-state index is 12.9. The lowest BCUT2D eigenvalue weighted by Gasteiger charge is -2.34. The fourth-order valence-electron chi connectivity index (χ4n) is 2.07. The Morgan fingerprint density at radius 1 is 1.37 bits per heavy atom. The standard InChI is InChI=1S/C12H15FN2O3S/c1-2-19(17,18)15-8-7-14-12(16)11(15)9-3-5-10(13)6-4-9/h3-6,11H,2,7-8H2,1H3,(H,14,16). The minimum atomic E-state index is -3.48. The lowest BCUT2D eigenvalue weighted by atomic mass is 10.0. The number of nitrogens with zero attached hydrogens (tertiary/aromatic N) is 1. The number of carbonyl (C=O) groups is 1. The first-order chi connectivity index (χ1) is 8.95. The van der Waals surface area contributed by atoms with E-state index in [1.807, 2.05) is 0 Å². The van der Waals surface area contributed by atoms with Crippen molar-refractivity contribution in [1.29, 1.82) is 0 Å². The van der Waals surface area contributed by atoms with Gasteiger partial charge in [0.25, 0.3) is 0 Å². The van der Waals surface area contributed by atoms with Crippen molar-refractivity contribution in [2.45, 2.75) is 13.0 Å². The molecule has 0 saturated carbocycles. The number of rotatable bonds is 3. The first kappa shape index (κ1) is 14.0. The molecule has 1 aromatic carbocycles. The number of nitrogens with one attached hydrogen (secondary N) is 1. The number of sulfonamides is 1. The van der Waals surface area contributed by atoms with Gasteiger partial charge in [-0.2, -0.15) is 4.31 Å². The molecule has 1 saturated heterocycles. The second-order valence-corrected chi connectivity index (χ2v) is 6.47. The number of amides is 1. The van der Waals surface area contributed by atoms with Crippen molar-refractivity contribution in [3.63, 3.8) is 0 Å². The maximum Gasteiger partial charge on any atom is 0.243 e. The van der Waals surface area contributed by atoms with Crippen LogP contribution >= 0.6 is 0 Å². The Kier molecular flexibility index (Phi) is 3.86. The van der Waals surface area contributed by atoms with Gasteiger partial charge in [0.05, 0.1) is 5.75 Å². The van der Waals surface area contributed by atoms with Crippen molar-refractivity contribution < 1.29 is 17.6 Å². The van der Waals surface area contributed by atoms with Gasteiger partial charge in [0.15, 0.2) is 0 Å². The molecule has 0 spiro atoms. The molecule has 19 heavy (non-hydrogen) atoms. The lowest BCUT2D eigenvalue weighted by Crippen LogP contribution is -2.52. The van der Waals surface area contributed by atoms with Crippen LogP contribution in [-0.4, -0.2) is 37.5 Å². The van der Waals surface area contributed by atoms with E-state index in [0.29, 0.717) is 5.56 Å². The van der Waals surface area contributed by atoms with Gasteiger partial charge >= 0.3 is 0 Å². The van der Waals surface area contributed by atoms with E-state index in [0.717, 1.165) is 0 Å². The van der Waals surface area contributed by atoms with Gasteiger partial charge in [-0.15, -0.1) is 0 Å². The summed E-state index contributed by atoms with van der Waals surface area (Å²) in [7, 11) is -3.48. The second kappa shape index (κ2) is 5.26. The Morgan fingerprint density at radius 3 is 2.58 bits per heavy atom. The third-order valence-electron chi connectivity index (χ3n) is 3.08. The zero-order valence-corrected chi connectivity index (χ0v) is 11.3. The smallest absolute Gasteiger partial charge is 0.243 e. The minimum absolute atomic E-state index is 0.0715. The average Bonchev–Trinajstić information content (AvgIpc) is 2.40. The summed E-state index contributed by atoms with van der Waals surface area (Å²) >= 11 is 0. The van der Waals surface area contributed by atoms with Gasteiger partial charge in [-0.05, 0) is 24.6 Å². The molecule has 0 aromatic heterocycles. The monoisotopic (exact) mass is 286 g/mol. The Labute approximate surface area is 111 Å². The molecule has 1 fully saturated rings. The van der Waals surface area contributed by atoms with E-state index in [1.54, 1.807) is 0 Å². The van der Waals surface area contributed by atoms with Crippen molar-refractivity contribution in [2.75, 3.05) is 18.8 Å². The van der Waals surface area contributed by atoms with Crippen molar-refractivity contribution in [2.24, 2.45) is 0 Å². The molecule has 5 nitrogen and oxygen atoms in total. The van der Waals surface area contributed by atoms with Crippen molar-refractivity contribution in [3.05, 3.63) is 35.6 Å². The van der Waals surface area contributed by atoms with E-state index in [4.69, 9.17) is 0 Å². The summed E-state index contributed by atoms with van der Waals surface area (Å²) in [6, 6.07) is 4.38. The molecule has 0 aliphatic carbocycles. The summed E-state index contributed by atoms with van der Waals surface area (Å²) in [5.74, 6) is -0.877. The van der Waals surface area contributed by atoms with E-state index < -0.39 is 21.9 Å². The molecule has 1 atom stereocenters. The number of hydrogen-bond donors (Lipinski definition) is 1. The topological polar surface area (TPSA) is 66.5 Å². The summed E-state index contributed by atoms with van der Waals surface area (Å²) in [5.41, 5.74) is 0.468. The maximum absolute atomic E-state index is 12.9.